The van der Waals surface area contributed by atoms with Crippen molar-refractivity contribution in [2.24, 2.45) is 0 Å². The van der Waals surface area contributed by atoms with Gasteiger partial charge in [-0.05, 0) is 42.6 Å². The lowest BCUT2D eigenvalue weighted by Gasteiger charge is -2.20. The van der Waals surface area contributed by atoms with E-state index in [-0.39, 0.29) is 5.69 Å². The van der Waals surface area contributed by atoms with Gasteiger partial charge < -0.3 is 10.6 Å². The molecule has 1 saturated heterocycles. The molecule has 142 valence electrons. The van der Waals surface area contributed by atoms with E-state index < -0.39 is 41.7 Å². The fourth-order valence-electron chi connectivity index (χ4n) is 2.66. The third kappa shape index (κ3) is 3.65. The Kier molecular flexibility index (Phi) is 4.68. The summed E-state index contributed by atoms with van der Waals surface area (Å²) >= 11 is 1.30. The summed E-state index contributed by atoms with van der Waals surface area (Å²) in [6.07, 6.45) is -4.48. The summed E-state index contributed by atoms with van der Waals surface area (Å²) in [7, 11) is 0. The molecule has 4 amide bonds. The van der Waals surface area contributed by atoms with Gasteiger partial charge in [0.25, 0.3) is 5.91 Å². The molecular weight excluding hydrogens is 383 g/mol. The highest BCUT2D eigenvalue weighted by Gasteiger charge is 2.50. The number of rotatable bonds is 4. The van der Waals surface area contributed by atoms with Crippen molar-refractivity contribution in [3.8, 4) is 0 Å². The Bertz CT molecular complexity index is 881. The van der Waals surface area contributed by atoms with Crippen LogP contribution in [0.4, 0.5) is 23.7 Å². The van der Waals surface area contributed by atoms with Gasteiger partial charge in [0.1, 0.15) is 6.54 Å². The van der Waals surface area contributed by atoms with Crippen molar-refractivity contribution < 1.29 is 27.6 Å². The zero-order valence-corrected chi connectivity index (χ0v) is 14.8. The summed E-state index contributed by atoms with van der Waals surface area (Å²) in [6, 6.07) is 6.59. The molecule has 1 aliphatic rings. The maximum Gasteiger partial charge on any atom is 0.416 e. The molecule has 1 atom stereocenters. The largest absolute Gasteiger partial charge is 0.416 e. The van der Waals surface area contributed by atoms with Gasteiger partial charge in [-0.15, -0.1) is 11.3 Å². The zero-order valence-electron chi connectivity index (χ0n) is 14.0. The van der Waals surface area contributed by atoms with E-state index in [1.807, 2.05) is 0 Å². The number of thiophene rings is 1. The van der Waals surface area contributed by atoms with Gasteiger partial charge in [-0.1, -0.05) is 6.07 Å². The monoisotopic (exact) mass is 397 g/mol. The van der Waals surface area contributed by atoms with Gasteiger partial charge in [0.2, 0.25) is 5.91 Å². The summed E-state index contributed by atoms with van der Waals surface area (Å²) in [6.45, 7) is 0.999. The van der Waals surface area contributed by atoms with E-state index in [2.05, 4.69) is 10.6 Å². The molecular formula is C17H14F3N3O3S. The minimum atomic E-state index is -4.48. The van der Waals surface area contributed by atoms with Crippen molar-refractivity contribution in [1.29, 1.82) is 0 Å². The van der Waals surface area contributed by atoms with Crippen LogP contribution >= 0.6 is 11.3 Å². The zero-order chi connectivity index (χ0) is 19.8. The molecule has 3 rings (SSSR count). The van der Waals surface area contributed by atoms with Gasteiger partial charge >= 0.3 is 12.2 Å². The number of carbonyl (C=O) groups is 3. The van der Waals surface area contributed by atoms with E-state index in [4.69, 9.17) is 0 Å². The second kappa shape index (κ2) is 6.69. The number of imide groups is 1. The molecule has 10 heteroatoms. The number of anilines is 1. The lowest BCUT2D eigenvalue weighted by molar-refractivity contribution is -0.137. The SMILES string of the molecule is CC1(c2cccs2)NC(=O)N(CC(=O)Nc2ccc(C(F)(F)F)cc2)C1=O. The van der Waals surface area contributed by atoms with Gasteiger partial charge in [0.15, 0.2) is 5.54 Å². The lowest BCUT2D eigenvalue weighted by atomic mass is 10.0. The molecule has 0 saturated carbocycles. The number of urea groups is 1. The quantitative estimate of drug-likeness (QED) is 0.778. The van der Waals surface area contributed by atoms with E-state index >= 15 is 0 Å². The standard InChI is InChI=1S/C17H14F3N3O3S/c1-16(12-3-2-8-27-12)14(25)23(15(26)22-16)9-13(24)21-11-6-4-10(5-7-11)17(18,19)20/h2-8H,9H2,1H3,(H,21,24)(H,22,26). The van der Waals surface area contributed by atoms with Crippen molar-refractivity contribution in [2.45, 2.75) is 18.6 Å². The van der Waals surface area contributed by atoms with Crippen LogP contribution in [0, 0.1) is 0 Å². The van der Waals surface area contributed by atoms with Crippen LogP contribution in [0.2, 0.25) is 0 Å². The summed E-state index contributed by atoms with van der Waals surface area (Å²) in [5.74, 6) is -1.27. The molecule has 0 spiro atoms. The van der Waals surface area contributed by atoms with Crippen LogP contribution < -0.4 is 10.6 Å². The molecule has 0 aliphatic carbocycles. The Labute approximate surface area is 156 Å². The van der Waals surface area contributed by atoms with Crippen molar-refractivity contribution in [3.05, 3.63) is 52.2 Å². The number of hydrogen-bond donors (Lipinski definition) is 2. The third-order valence-corrected chi connectivity index (χ3v) is 5.18. The number of nitrogens with zero attached hydrogens (tertiary/aromatic N) is 1. The fourth-order valence-corrected chi connectivity index (χ4v) is 3.49. The highest BCUT2D eigenvalue weighted by Crippen LogP contribution is 2.32. The minimum Gasteiger partial charge on any atom is -0.325 e. The number of alkyl halides is 3. The van der Waals surface area contributed by atoms with E-state index in [1.54, 1.807) is 24.4 Å². The predicted molar refractivity (Wildman–Crippen MR) is 92.0 cm³/mol. The van der Waals surface area contributed by atoms with Gasteiger partial charge in [-0.2, -0.15) is 13.2 Å². The fraction of sp³-hybridized carbons (Fsp3) is 0.235. The van der Waals surface area contributed by atoms with Gasteiger partial charge in [-0.3, -0.25) is 14.5 Å². The molecule has 6 nitrogen and oxygen atoms in total. The molecule has 1 unspecified atom stereocenters. The number of amides is 4. The summed E-state index contributed by atoms with van der Waals surface area (Å²) in [4.78, 5) is 38.3. The first-order chi connectivity index (χ1) is 12.6. The van der Waals surface area contributed by atoms with Crippen LogP contribution in [-0.4, -0.2) is 29.3 Å². The number of benzene rings is 1. The van der Waals surface area contributed by atoms with Crippen LogP contribution in [0.3, 0.4) is 0 Å². The number of carbonyl (C=O) groups excluding carboxylic acids is 3. The molecule has 2 N–H and O–H groups in total. The van der Waals surface area contributed by atoms with E-state index in [9.17, 15) is 27.6 Å². The first-order valence-electron chi connectivity index (χ1n) is 7.76. The second-order valence-electron chi connectivity index (χ2n) is 6.05. The first kappa shape index (κ1) is 18.9. The smallest absolute Gasteiger partial charge is 0.325 e. The topological polar surface area (TPSA) is 78.5 Å². The van der Waals surface area contributed by atoms with E-state index in [1.165, 1.54) is 11.3 Å². The van der Waals surface area contributed by atoms with Crippen molar-refractivity contribution in [1.82, 2.24) is 10.2 Å². The van der Waals surface area contributed by atoms with Crippen LogP contribution in [0.15, 0.2) is 41.8 Å². The molecule has 1 aromatic carbocycles. The van der Waals surface area contributed by atoms with Crippen LogP contribution in [0.25, 0.3) is 0 Å². The molecule has 2 heterocycles. The Balaban J connectivity index is 1.67. The van der Waals surface area contributed by atoms with Gasteiger partial charge in [0, 0.05) is 10.6 Å². The Hall–Kier alpha value is -2.88. The first-order valence-corrected chi connectivity index (χ1v) is 8.64. The molecule has 1 aliphatic heterocycles. The Morgan fingerprint density at radius 3 is 2.44 bits per heavy atom. The van der Waals surface area contributed by atoms with Crippen LogP contribution in [0.1, 0.15) is 17.4 Å². The molecule has 2 aromatic rings. The van der Waals surface area contributed by atoms with Gasteiger partial charge in [-0.25, -0.2) is 4.79 Å². The highest BCUT2D eigenvalue weighted by atomic mass is 32.1. The minimum absolute atomic E-state index is 0.126. The second-order valence-corrected chi connectivity index (χ2v) is 6.99. The Morgan fingerprint density at radius 1 is 1.22 bits per heavy atom. The average molecular weight is 397 g/mol. The maximum atomic E-state index is 12.6. The molecule has 0 radical (unpaired) electrons. The third-order valence-electron chi connectivity index (χ3n) is 4.09. The molecule has 27 heavy (non-hydrogen) atoms. The molecule has 1 fully saturated rings. The number of nitrogens with one attached hydrogen (secondary N) is 2. The van der Waals surface area contributed by atoms with Crippen LogP contribution in [0.5, 0.6) is 0 Å². The van der Waals surface area contributed by atoms with Gasteiger partial charge in [0.05, 0.1) is 5.56 Å². The van der Waals surface area contributed by atoms with Crippen molar-refractivity contribution in [2.75, 3.05) is 11.9 Å². The number of halogens is 3. The Morgan fingerprint density at radius 2 is 1.89 bits per heavy atom. The summed E-state index contributed by atoms with van der Waals surface area (Å²) in [5.41, 5.74) is -1.97. The van der Waals surface area contributed by atoms with Crippen molar-refractivity contribution >= 4 is 34.9 Å². The number of hydrogen-bond acceptors (Lipinski definition) is 4. The molecule has 1 aromatic heterocycles. The predicted octanol–water partition coefficient (Wildman–Crippen LogP) is 3.17. The highest BCUT2D eigenvalue weighted by molar-refractivity contribution is 7.10. The van der Waals surface area contributed by atoms with Crippen LogP contribution in [-0.2, 0) is 21.3 Å². The van der Waals surface area contributed by atoms with Crippen molar-refractivity contribution in [3.63, 3.8) is 0 Å². The molecule has 0 bridgehead atoms. The maximum absolute atomic E-state index is 12.6. The average Bonchev–Trinajstić information content (AvgIpc) is 3.19. The lowest BCUT2D eigenvalue weighted by Crippen LogP contribution is -2.41. The normalized spacial score (nSPS) is 19.9. The summed E-state index contributed by atoms with van der Waals surface area (Å²) in [5, 5.41) is 6.71. The summed E-state index contributed by atoms with van der Waals surface area (Å²) < 4.78 is 37.7. The van der Waals surface area contributed by atoms with E-state index in [0.717, 1.165) is 29.2 Å². The van der Waals surface area contributed by atoms with E-state index in [0.29, 0.717) is 4.88 Å².